The van der Waals surface area contributed by atoms with Gasteiger partial charge in [0.25, 0.3) is 0 Å². The van der Waals surface area contributed by atoms with E-state index in [0.717, 1.165) is 19.4 Å². The third-order valence-corrected chi connectivity index (χ3v) is 11.1. The molecule has 0 radical (unpaired) electrons. The summed E-state index contributed by atoms with van der Waals surface area (Å²) in [6.07, 6.45) is 6.96. The predicted molar refractivity (Wildman–Crippen MR) is 136 cm³/mol. The monoisotopic (exact) mass is 460 g/mol. The number of fused-ring (bicyclic) bond motifs is 3. The second-order valence-corrected chi connectivity index (χ2v) is 15.9. The average molecular weight is 460 g/mol. The number of hydrogen-bond acceptors (Lipinski definition) is 4. The zero-order valence-corrected chi connectivity index (χ0v) is 22.2. The van der Waals surface area contributed by atoms with Gasteiger partial charge in [-0.25, -0.2) is 0 Å². The van der Waals surface area contributed by atoms with Gasteiger partial charge in [-0.2, -0.15) is 0 Å². The van der Waals surface area contributed by atoms with Crippen molar-refractivity contribution in [3.63, 3.8) is 0 Å². The van der Waals surface area contributed by atoms with E-state index in [9.17, 15) is 0 Å². The Morgan fingerprint density at radius 2 is 1.63 bits per heavy atom. The van der Waals surface area contributed by atoms with Gasteiger partial charge in [-0.3, -0.25) is 9.05 Å². The van der Waals surface area contributed by atoms with Crippen LogP contribution in [0, 0.1) is 33.5 Å². The van der Waals surface area contributed by atoms with E-state index in [1.807, 2.05) is 0 Å². The molecule has 1 aliphatic heterocycles. The SMILES string of the molecule is [BH3-][P+]1(C)OC[C@@]2(C)C[C@@H](C)[C@H](OP(=C)(C)OC[C@@]3(C)C[C@@H](C)C(C)(C)[C@@H]3O1)C2(C)C. The third kappa shape index (κ3) is 4.26. The Morgan fingerprint density at radius 1 is 1.03 bits per heavy atom. The zero-order chi connectivity index (χ0) is 23.0. The van der Waals surface area contributed by atoms with Gasteiger partial charge in [-0.15, -0.1) is 0 Å². The normalized spacial score (nSPS) is 54.0. The summed E-state index contributed by atoms with van der Waals surface area (Å²) in [5.41, 5.74) is 0.120. The van der Waals surface area contributed by atoms with Gasteiger partial charge >= 0.3 is 0 Å². The molecule has 3 aliphatic rings. The molecule has 0 N–H and O–H groups in total. The number of hydrogen-bond donors (Lipinski definition) is 0. The molecule has 0 aromatic heterocycles. The highest BCUT2D eigenvalue weighted by atomic mass is 31.2. The van der Waals surface area contributed by atoms with E-state index in [2.05, 4.69) is 75.0 Å². The van der Waals surface area contributed by atoms with Crippen LogP contribution in [-0.2, 0) is 18.1 Å². The summed E-state index contributed by atoms with van der Waals surface area (Å²) >= 11 is 0. The van der Waals surface area contributed by atoms with E-state index in [-0.39, 0.29) is 41.4 Å². The Morgan fingerprint density at radius 3 is 2.23 bits per heavy atom. The molecule has 8 atom stereocenters. The molecule has 0 aromatic rings. The minimum Gasteiger partial charge on any atom is -0.337 e. The van der Waals surface area contributed by atoms with Crippen LogP contribution < -0.4 is 0 Å². The van der Waals surface area contributed by atoms with Crippen LogP contribution in [0.1, 0.15) is 68.2 Å². The lowest BCUT2D eigenvalue weighted by atomic mass is 9.69. The van der Waals surface area contributed by atoms with Crippen LogP contribution >= 0.6 is 14.9 Å². The molecule has 0 aromatic carbocycles. The lowest BCUT2D eigenvalue weighted by Gasteiger charge is -2.43. The topological polar surface area (TPSA) is 36.9 Å². The van der Waals surface area contributed by atoms with Crippen molar-refractivity contribution in [2.45, 2.75) is 80.4 Å². The van der Waals surface area contributed by atoms with Gasteiger partial charge in [0.2, 0.25) is 0 Å². The molecule has 2 unspecified atom stereocenters. The summed E-state index contributed by atoms with van der Waals surface area (Å²) in [7, 11) is -4.04. The summed E-state index contributed by atoms with van der Waals surface area (Å²) in [6.45, 7) is 24.7. The fourth-order valence-corrected chi connectivity index (χ4v) is 9.14. The Kier molecular flexibility index (Phi) is 6.38. The van der Waals surface area contributed by atoms with Gasteiger partial charge < -0.3 is 9.05 Å². The lowest BCUT2D eigenvalue weighted by Crippen LogP contribution is -2.42. The van der Waals surface area contributed by atoms with Crippen LogP contribution in [0.2, 0.25) is 0 Å². The maximum absolute atomic E-state index is 7.05. The minimum atomic E-state index is -2.20. The summed E-state index contributed by atoms with van der Waals surface area (Å²) < 4.78 is 27.2. The first-order chi connectivity index (χ1) is 13.4. The van der Waals surface area contributed by atoms with Crippen molar-refractivity contribution >= 4 is 28.8 Å². The quantitative estimate of drug-likeness (QED) is 0.348. The summed E-state index contributed by atoms with van der Waals surface area (Å²) in [5, 5.41) is 0. The summed E-state index contributed by atoms with van der Waals surface area (Å²) in [6, 6.07) is 0. The van der Waals surface area contributed by atoms with Crippen molar-refractivity contribution in [3.05, 3.63) is 0 Å². The largest absolute Gasteiger partial charge is 0.337 e. The van der Waals surface area contributed by atoms with Gasteiger partial charge in [0, 0.05) is 17.5 Å². The standard InChI is InChI=1S/C23H47BO4P2/c1-16-12-23(8)15-26-30(11,24)28-19-20(3,4)17(2)13-22(19,7)14-25-29(9,10)27-18(16)21(23,5)6/h16-19H,9,12-15H2,1-8,10-11,24H3/t16-,17-,18+,19+,22-,23-,29?,30?/m1/s1. The summed E-state index contributed by atoms with van der Waals surface area (Å²) in [4.78, 5) is 0. The van der Waals surface area contributed by atoms with Crippen molar-refractivity contribution in [2.24, 2.45) is 33.5 Å². The molecule has 3 fully saturated rings. The van der Waals surface area contributed by atoms with Crippen LogP contribution in [0.15, 0.2) is 0 Å². The first-order valence-corrected chi connectivity index (χ1v) is 15.0. The van der Waals surface area contributed by atoms with Crippen molar-refractivity contribution in [1.29, 1.82) is 0 Å². The molecule has 4 nitrogen and oxygen atoms in total. The van der Waals surface area contributed by atoms with Crippen LogP contribution in [0.4, 0.5) is 0 Å². The Hall–Kier alpha value is 0.635. The van der Waals surface area contributed by atoms with Crippen molar-refractivity contribution in [1.82, 2.24) is 0 Å². The van der Waals surface area contributed by atoms with Gasteiger partial charge in [0.05, 0.1) is 33.6 Å². The molecule has 2 saturated carbocycles. The number of rotatable bonds is 0. The summed E-state index contributed by atoms with van der Waals surface area (Å²) in [5.74, 6) is 1.04. The van der Waals surface area contributed by atoms with Gasteiger partial charge in [0.15, 0.2) is 7.57 Å². The molecule has 1 heterocycles. The maximum Gasteiger partial charge on any atom is 0.191 e. The Bertz CT molecular complexity index is 724. The van der Waals surface area contributed by atoms with Crippen LogP contribution in [0.5, 0.6) is 0 Å². The second kappa shape index (κ2) is 7.58. The molecule has 7 heteroatoms. The highest BCUT2D eigenvalue weighted by Gasteiger charge is 2.60. The van der Waals surface area contributed by atoms with Gasteiger partial charge in [-0.1, -0.05) is 61.7 Å². The zero-order valence-electron chi connectivity index (χ0n) is 20.4. The average Bonchev–Trinajstić information content (AvgIpc) is 2.85. The van der Waals surface area contributed by atoms with Crippen LogP contribution in [0.25, 0.3) is 0 Å². The van der Waals surface area contributed by atoms with E-state index in [1.165, 1.54) is 0 Å². The molecule has 30 heavy (non-hydrogen) atoms. The molecule has 176 valence electrons. The van der Waals surface area contributed by atoms with Crippen molar-refractivity contribution < 1.29 is 18.1 Å². The smallest absolute Gasteiger partial charge is 0.191 e. The van der Waals surface area contributed by atoms with E-state index in [1.54, 1.807) is 0 Å². The fraction of sp³-hybridized carbons (Fsp3) is 0.957. The van der Waals surface area contributed by atoms with Crippen molar-refractivity contribution in [3.8, 4) is 0 Å². The lowest BCUT2D eigenvalue weighted by molar-refractivity contribution is -0.0155. The second-order valence-electron chi connectivity index (χ2n) is 12.1. The molecule has 3 rings (SSSR count). The highest BCUT2D eigenvalue weighted by Crippen LogP contribution is 2.67. The molecular formula is C23H47BO4P2. The minimum absolute atomic E-state index is 0.00363. The predicted octanol–water partition coefficient (Wildman–Crippen LogP) is 5.62. The van der Waals surface area contributed by atoms with Gasteiger partial charge in [-0.05, 0) is 35.5 Å². The van der Waals surface area contributed by atoms with Crippen LogP contribution in [0.3, 0.4) is 0 Å². The van der Waals surface area contributed by atoms with E-state index in [4.69, 9.17) is 18.1 Å². The van der Waals surface area contributed by atoms with E-state index in [0.29, 0.717) is 18.4 Å². The Balaban J connectivity index is 2.02. The van der Waals surface area contributed by atoms with Crippen LogP contribution in [-0.4, -0.2) is 52.6 Å². The maximum atomic E-state index is 7.05. The fourth-order valence-electron chi connectivity index (χ4n) is 6.21. The molecule has 1 saturated heterocycles. The Labute approximate surface area is 187 Å². The van der Waals surface area contributed by atoms with Gasteiger partial charge in [0.1, 0.15) is 13.4 Å². The van der Waals surface area contributed by atoms with E-state index < -0.39 is 14.9 Å². The first kappa shape index (κ1) is 25.3. The molecular weight excluding hydrogens is 413 g/mol. The molecule has 0 spiro atoms. The first-order valence-electron chi connectivity index (χ1n) is 11.1. The van der Waals surface area contributed by atoms with E-state index >= 15 is 0 Å². The van der Waals surface area contributed by atoms with Crippen molar-refractivity contribution in [2.75, 3.05) is 26.5 Å². The highest BCUT2D eigenvalue weighted by molar-refractivity contribution is 7.89. The molecule has 2 aliphatic carbocycles. The third-order valence-electron chi connectivity index (χ3n) is 8.73. The molecule has 2 bridgehead atoms. The molecule has 0 amide bonds.